The summed E-state index contributed by atoms with van der Waals surface area (Å²) in [5.41, 5.74) is 3.14. The van der Waals surface area contributed by atoms with Crippen LogP contribution in [-0.2, 0) is 10.2 Å². The molecule has 0 saturated heterocycles. The molecule has 0 bridgehead atoms. The lowest BCUT2D eigenvalue weighted by molar-refractivity contribution is -0.131. The van der Waals surface area contributed by atoms with Gasteiger partial charge in [0.1, 0.15) is 5.01 Å². The van der Waals surface area contributed by atoms with Crippen LogP contribution < -0.4 is 0 Å². The molecule has 0 radical (unpaired) electrons. The van der Waals surface area contributed by atoms with Gasteiger partial charge < -0.3 is 5.11 Å². The van der Waals surface area contributed by atoms with Crippen LogP contribution in [0.5, 0.6) is 0 Å². The summed E-state index contributed by atoms with van der Waals surface area (Å²) in [6.45, 7) is 6.54. The molecule has 2 rings (SSSR count). The van der Waals surface area contributed by atoms with Crippen molar-refractivity contribution in [3.05, 3.63) is 47.0 Å². The number of aliphatic carboxylic acids is 1. The number of benzene rings is 1. The van der Waals surface area contributed by atoms with E-state index in [2.05, 4.69) is 50.0 Å². The van der Waals surface area contributed by atoms with Crippen molar-refractivity contribution < 1.29 is 9.90 Å². The van der Waals surface area contributed by atoms with Gasteiger partial charge in [0.2, 0.25) is 0 Å². The topological polar surface area (TPSA) is 50.2 Å². The molecule has 1 heterocycles. The zero-order chi connectivity index (χ0) is 14.8. The van der Waals surface area contributed by atoms with Crippen molar-refractivity contribution in [1.82, 2.24) is 4.98 Å². The minimum absolute atomic E-state index is 0.136. The van der Waals surface area contributed by atoms with Crippen LogP contribution in [0.3, 0.4) is 0 Å². The van der Waals surface area contributed by atoms with Crippen LogP contribution in [0.15, 0.2) is 35.7 Å². The molecule has 0 unspecified atom stereocenters. The van der Waals surface area contributed by atoms with Crippen LogP contribution in [0.4, 0.5) is 0 Å². The van der Waals surface area contributed by atoms with Gasteiger partial charge in [0, 0.05) is 17.0 Å². The Morgan fingerprint density at radius 2 is 1.90 bits per heavy atom. The van der Waals surface area contributed by atoms with Crippen molar-refractivity contribution in [2.75, 3.05) is 0 Å². The van der Waals surface area contributed by atoms with Crippen LogP contribution in [0.2, 0.25) is 0 Å². The zero-order valence-corrected chi connectivity index (χ0v) is 12.6. The van der Waals surface area contributed by atoms with Crippen LogP contribution in [-0.4, -0.2) is 16.1 Å². The van der Waals surface area contributed by atoms with Crippen LogP contribution in [0.25, 0.3) is 16.6 Å². The van der Waals surface area contributed by atoms with Gasteiger partial charge in [-0.15, -0.1) is 11.3 Å². The van der Waals surface area contributed by atoms with Gasteiger partial charge >= 0.3 is 5.97 Å². The number of hydrogen-bond donors (Lipinski definition) is 1. The second-order valence-electron chi connectivity index (χ2n) is 5.58. The maximum atomic E-state index is 10.5. The zero-order valence-electron chi connectivity index (χ0n) is 11.8. The van der Waals surface area contributed by atoms with E-state index in [4.69, 9.17) is 5.11 Å². The van der Waals surface area contributed by atoms with Crippen LogP contribution in [0.1, 0.15) is 32.0 Å². The quantitative estimate of drug-likeness (QED) is 0.860. The third kappa shape index (κ3) is 3.54. The fraction of sp³-hybridized carbons (Fsp3) is 0.250. The Balaban J connectivity index is 2.22. The summed E-state index contributed by atoms with van der Waals surface area (Å²) in [4.78, 5) is 14.9. The average molecular weight is 287 g/mol. The van der Waals surface area contributed by atoms with E-state index in [9.17, 15) is 4.79 Å². The molecule has 20 heavy (non-hydrogen) atoms. The van der Waals surface area contributed by atoms with E-state index in [0.29, 0.717) is 5.69 Å². The standard InChI is InChI=1S/C16H17NO2S/c1-16(2,3)12-6-4-11(5-7-12)15-17-13(10-20-15)8-9-14(18)19/h4-10H,1-3H3,(H,18,19)/b9-8+. The first kappa shape index (κ1) is 14.5. The van der Waals surface area contributed by atoms with Gasteiger partial charge in [0.05, 0.1) is 5.69 Å². The highest BCUT2D eigenvalue weighted by Crippen LogP contribution is 2.28. The lowest BCUT2D eigenvalue weighted by Gasteiger charge is -2.18. The predicted molar refractivity (Wildman–Crippen MR) is 82.9 cm³/mol. The van der Waals surface area contributed by atoms with Crippen molar-refractivity contribution >= 4 is 23.4 Å². The van der Waals surface area contributed by atoms with Gasteiger partial charge in [0.25, 0.3) is 0 Å². The largest absolute Gasteiger partial charge is 0.478 e. The summed E-state index contributed by atoms with van der Waals surface area (Å²) in [6, 6.07) is 8.35. The van der Waals surface area contributed by atoms with Crippen molar-refractivity contribution in [1.29, 1.82) is 0 Å². The molecule has 3 nitrogen and oxygen atoms in total. The molecule has 0 spiro atoms. The molecule has 0 aliphatic heterocycles. The fourth-order valence-electron chi connectivity index (χ4n) is 1.76. The maximum absolute atomic E-state index is 10.5. The smallest absolute Gasteiger partial charge is 0.328 e. The lowest BCUT2D eigenvalue weighted by Crippen LogP contribution is -2.10. The molecule has 0 amide bonds. The van der Waals surface area contributed by atoms with Crippen molar-refractivity contribution in [3.8, 4) is 10.6 Å². The number of carbonyl (C=O) groups is 1. The maximum Gasteiger partial charge on any atom is 0.328 e. The Bertz CT molecular complexity index is 633. The number of aromatic nitrogens is 1. The Morgan fingerprint density at radius 1 is 1.25 bits per heavy atom. The molecule has 1 aromatic heterocycles. The number of nitrogens with zero attached hydrogens (tertiary/aromatic N) is 1. The van der Waals surface area contributed by atoms with Gasteiger partial charge in [-0.3, -0.25) is 0 Å². The molecule has 0 saturated carbocycles. The number of hydrogen-bond acceptors (Lipinski definition) is 3. The molecule has 0 atom stereocenters. The minimum Gasteiger partial charge on any atom is -0.478 e. The average Bonchev–Trinajstić information content (AvgIpc) is 2.84. The van der Waals surface area contributed by atoms with Gasteiger partial charge in [-0.2, -0.15) is 0 Å². The molecule has 0 aliphatic carbocycles. The molecular formula is C16H17NO2S. The van der Waals surface area contributed by atoms with E-state index in [0.717, 1.165) is 16.6 Å². The Hall–Kier alpha value is -1.94. The second kappa shape index (κ2) is 5.59. The first-order valence-electron chi connectivity index (χ1n) is 6.34. The fourth-order valence-corrected chi connectivity index (χ4v) is 2.56. The molecule has 104 valence electrons. The lowest BCUT2D eigenvalue weighted by atomic mass is 9.87. The first-order chi connectivity index (χ1) is 9.36. The summed E-state index contributed by atoms with van der Waals surface area (Å²) >= 11 is 1.51. The molecule has 1 aromatic carbocycles. The molecule has 1 N–H and O–H groups in total. The highest BCUT2D eigenvalue weighted by atomic mass is 32.1. The van der Waals surface area contributed by atoms with Gasteiger partial charge in [-0.25, -0.2) is 9.78 Å². The van der Waals surface area contributed by atoms with E-state index < -0.39 is 5.97 Å². The number of carboxylic acid groups (broad SMARTS) is 1. The summed E-state index contributed by atoms with van der Waals surface area (Å²) < 4.78 is 0. The molecular weight excluding hydrogens is 270 g/mol. The molecule has 4 heteroatoms. The normalized spacial score (nSPS) is 11.9. The summed E-state index contributed by atoms with van der Waals surface area (Å²) in [5.74, 6) is -0.964. The third-order valence-electron chi connectivity index (χ3n) is 2.92. The van der Waals surface area contributed by atoms with Crippen molar-refractivity contribution in [2.45, 2.75) is 26.2 Å². The van der Waals surface area contributed by atoms with Gasteiger partial charge in [0.15, 0.2) is 0 Å². The number of rotatable bonds is 3. The van der Waals surface area contributed by atoms with E-state index in [1.807, 2.05) is 5.38 Å². The van der Waals surface area contributed by atoms with Crippen LogP contribution >= 0.6 is 11.3 Å². The Morgan fingerprint density at radius 3 is 2.45 bits per heavy atom. The monoisotopic (exact) mass is 287 g/mol. The van der Waals surface area contributed by atoms with Gasteiger partial charge in [-0.05, 0) is 17.1 Å². The molecule has 0 aliphatic rings. The van der Waals surface area contributed by atoms with E-state index in [1.165, 1.54) is 23.0 Å². The van der Waals surface area contributed by atoms with Crippen LogP contribution in [0, 0.1) is 0 Å². The van der Waals surface area contributed by atoms with E-state index >= 15 is 0 Å². The second-order valence-corrected chi connectivity index (χ2v) is 6.43. The highest BCUT2D eigenvalue weighted by Gasteiger charge is 2.13. The van der Waals surface area contributed by atoms with E-state index in [-0.39, 0.29) is 5.41 Å². The summed E-state index contributed by atoms with van der Waals surface area (Å²) in [7, 11) is 0. The van der Waals surface area contributed by atoms with Gasteiger partial charge in [-0.1, -0.05) is 45.0 Å². The highest BCUT2D eigenvalue weighted by molar-refractivity contribution is 7.13. The predicted octanol–water partition coefficient (Wildman–Crippen LogP) is 4.21. The van der Waals surface area contributed by atoms with E-state index in [1.54, 1.807) is 0 Å². The molecule has 2 aromatic rings. The Labute approximate surface area is 122 Å². The third-order valence-corrected chi connectivity index (χ3v) is 3.83. The molecule has 0 fully saturated rings. The number of carboxylic acids is 1. The summed E-state index contributed by atoms with van der Waals surface area (Å²) in [5, 5.41) is 11.3. The SMILES string of the molecule is CC(C)(C)c1ccc(-c2nc(/C=C/C(=O)O)cs2)cc1. The first-order valence-corrected chi connectivity index (χ1v) is 7.22. The number of thiazole rings is 1. The van der Waals surface area contributed by atoms with Crippen molar-refractivity contribution in [3.63, 3.8) is 0 Å². The van der Waals surface area contributed by atoms with Crippen molar-refractivity contribution in [2.24, 2.45) is 0 Å². The minimum atomic E-state index is -0.964. The Kier molecular flexibility index (Phi) is 4.04. The summed E-state index contributed by atoms with van der Waals surface area (Å²) in [6.07, 6.45) is 2.60.